The molecule has 0 saturated carbocycles. The Morgan fingerprint density at radius 3 is 2.89 bits per heavy atom. The van der Waals surface area contributed by atoms with Crippen LogP contribution >= 0.6 is 22.9 Å². The van der Waals surface area contributed by atoms with Gasteiger partial charge < -0.3 is 14.0 Å². The number of carbonyl (C=O) groups is 1. The van der Waals surface area contributed by atoms with Crippen molar-refractivity contribution in [3.8, 4) is 0 Å². The van der Waals surface area contributed by atoms with Gasteiger partial charge in [0, 0.05) is 42.3 Å². The monoisotopic (exact) mass is 423 g/mol. The lowest BCUT2D eigenvalue weighted by Gasteiger charge is -2.26. The second kappa shape index (κ2) is 10.8. The van der Waals surface area contributed by atoms with E-state index in [4.69, 9.17) is 26.1 Å². The Hall–Kier alpha value is -1.67. The Labute approximate surface area is 174 Å². The van der Waals surface area contributed by atoms with Crippen molar-refractivity contribution in [3.63, 3.8) is 0 Å². The first kappa shape index (κ1) is 21.0. The van der Waals surface area contributed by atoms with Gasteiger partial charge in [-0.15, -0.1) is 11.3 Å². The highest BCUT2D eigenvalue weighted by molar-refractivity contribution is 7.07. The molecule has 0 unspecified atom stereocenters. The van der Waals surface area contributed by atoms with Gasteiger partial charge in [0.05, 0.1) is 31.9 Å². The topological polar surface area (TPSA) is 56.1 Å². The second-order valence-electron chi connectivity index (χ2n) is 6.54. The van der Waals surface area contributed by atoms with E-state index < -0.39 is 0 Å². The van der Waals surface area contributed by atoms with Gasteiger partial charge in [-0.1, -0.05) is 17.7 Å². The minimum atomic E-state index is -0.212. The highest BCUT2D eigenvalue weighted by Crippen LogP contribution is 2.18. The van der Waals surface area contributed by atoms with E-state index in [2.05, 4.69) is 9.47 Å². The maximum Gasteiger partial charge on any atom is 0.311 e. The molecule has 1 fully saturated rings. The molecule has 1 aliphatic rings. The summed E-state index contributed by atoms with van der Waals surface area (Å²) < 4.78 is 12.7. The largest absolute Gasteiger partial charge is 0.466 e. The summed E-state index contributed by atoms with van der Waals surface area (Å²) in [6.45, 7) is 7.57. The third-order valence-electron chi connectivity index (χ3n) is 4.50. The van der Waals surface area contributed by atoms with Crippen molar-refractivity contribution in [2.75, 3.05) is 39.5 Å². The standard InChI is InChI=1S/C20H26ClN3O3S/c1-2-27-19(25)14-18-15-28-20(22-17-6-3-5-16(21)13-17)24(18)8-4-7-23-9-11-26-12-10-23/h3,5-6,13,15H,2,4,7-12,14H2,1H3. The van der Waals surface area contributed by atoms with Gasteiger partial charge in [0.2, 0.25) is 0 Å². The number of ether oxygens (including phenoxy) is 2. The summed E-state index contributed by atoms with van der Waals surface area (Å²) in [4.78, 5) is 20.0. The lowest BCUT2D eigenvalue weighted by molar-refractivity contribution is -0.142. The smallest absolute Gasteiger partial charge is 0.311 e. The molecule has 152 valence electrons. The maximum atomic E-state index is 12.0. The van der Waals surface area contributed by atoms with Gasteiger partial charge in [-0.3, -0.25) is 9.69 Å². The van der Waals surface area contributed by atoms with E-state index in [0.717, 1.165) is 62.0 Å². The summed E-state index contributed by atoms with van der Waals surface area (Å²) in [6.07, 6.45) is 1.24. The van der Waals surface area contributed by atoms with E-state index in [1.807, 2.05) is 36.6 Å². The van der Waals surface area contributed by atoms with Gasteiger partial charge in [0.1, 0.15) is 0 Å². The Balaban J connectivity index is 1.78. The van der Waals surface area contributed by atoms with Crippen molar-refractivity contribution in [2.24, 2.45) is 4.99 Å². The number of hydrogen-bond acceptors (Lipinski definition) is 6. The SMILES string of the molecule is CCOC(=O)Cc1csc(=Nc2cccc(Cl)c2)n1CCCN1CCOCC1. The number of aromatic nitrogens is 1. The number of esters is 1. The van der Waals surface area contributed by atoms with Crippen molar-refractivity contribution in [1.82, 2.24) is 9.47 Å². The Morgan fingerprint density at radius 2 is 2.14 bits per heavy atom. The van der Waals surface area contributed by atoms with Gasteiger partial charge in [0.25, 0.3) is 0 Å². The van der Waals surface area contributed by atoms with E-state index in [1.165, 1.54) is 11.3 Å². The molecule has 0 aliphatic carbocycles. The van der Waals surface area contributed by atoms with Crippen molar-refractivity contribution in [1.29, 1.82) is 0 Å². The molecule has 3 rings (SSSR count). The molecule has 0 bridgehead atoms. The number of rotatable bonds is 8. The number of carbonyl (C=O) groups excluding carboxylic acids is 1. The fraction of sp³-hybridized carbons (Fsp3) is 0.500. The molecule has 0 atom stereocenters. The quantitative estimate of drug-likeness (QED) is 0.611. The Morgan fingerprint density at radius 1 is 1.32 bits per heavy atom. The average molecular weight is 424 g/mol. The maximum absolute atomic E-state index is 12.0. The van der Waals surface area contributed by atoms with Crippen LogP contribution in [0.4, 0.5) is 5.69 Å². The molecular weight excluding hydrogens is 398 g/mol. The van der Waals surface area contributed by atoms with E-state index in [9.17, 15) is 4.79 Å². The van der Waals surface area contributed by atoms with E-state index >= 15 is 0 Å². The molecule has 1 aliphatic heterocycles. The first-order valence-corrected chi connectivity index (χ1v) is 10.8. The summed E-state index contributed by atoms with van der Waals surface area (Å²) in [5.41, 5.74) is 1.74. The van der Waals surface area contributed by atoms with Crippen LogP contribution < -0.4 is 4.80 Å². The summed E-state index contributed by atoms with van der Waals surface area (Å²) in [5.74, 6) is -0.212. The molecule has 6 nitrogen and oxygen atoms in total. The van der Waals surface area contributed by atoms with E-state index in [-0.39, 0.29) is 12.4 Å². The number of nitrogens with zero attached hydrogens (tertiary/aromatic N) is 3. The minimum Gasteiger partial charge on any atom is -0.466 e. The summed E-state index contributed by atoms with van der Waals surface area (Å²) >= 11 is 7.62. The van der Waals surface area contributed by atoms with Gasteiger partial charge in [0.15, 0.2) is 4.80 Å². The molecule has 1 aromatic carbocycles. The zero-order chi connectivity index (χ0) is 19.8. The normalized spacial score (nSPS) is 15.7. The molecule has 0 amide bonds. The fourth-order valence-electron chi connectivity index (χ4n) is 3.13. The van der Waals surface area contributed by atoms with Gasteiger partial charge in [-0.2, -0.15) is 0 Å². The molecule has 0 radical (unpaired) electrons. The number of thiazole rings is 1. The molecule has 2 aromatic rings. The highest BCUT2D eigenvalue weighted by Gasteiger charge is 2.13. The van der Waals surface area contributed by atoms with Crippen molar-refractivity contribution >= 4 is 34.6 Å². The van der Waals surface area contributed by atoms with Crippen LogP contribution in [0.3, 0.4) is 0 Å². The number of morpholine rings is 1. The molecule has 1 saturated heterocycles. The third kappa shape index (κ3) is 6.17. The first-order chi connectivity index (χ1) is 13.7. The number of halogens is 1. The first-order valence-electron chi connectivity index (χ1n) is 9.59. The Kier molecular flexibility index (Phi) is 8.09. The van der Waals surface area contributed by atoms with E-state index in [0.29, 0.717) is 11.6 Å². The van der Waals surface area contributed by atoms with Crippen LogP contribution in [0.1, 0.15) is 19.0 Å². The Bertz CT molecular complexity index is 843. The van der Waals surface area contributed by atoms with Crippen LogP contribution in [0.5, 0.6) is 0 Å². The average Bonchev–Trinajstić information content (AvgIpc) is 3.04. The second-order valence-corrected chi connectivity index (χ2v) is 7.82. The lowest BCUT2D eigenvalue weighted by atomic mass is 10.3. The lowest BCUT2D eigenvalue weighted by Crippen LogP contribution is -2.37. The molecular formula is C20H26ClN3O3S. The van der Waals surface area contributed by atoms with Crippen LogP contribution in [0.15, 0.2) is 34.6 Å². The van der Waals surface area contributed by atoms with Gasteiger partial charge >= 0.3 is 5.97 Å². The van der Waals surface area contributed by atoms with Crippen LogP contribution in [-0.4, -0.2) is 54.9 Å². The molecule has 0 N–H and O–H groups in total. The summed E-state index contributed by atoms with van der Waals surface area (Å²) in [7, 11) is 0. The van der Waals surface area contributed by atoms with Crippen LogP contribution in [-0.2, 0) is 27.2 Å². The van der Waals surface area contributed by atoms with Crippen molar-refractivity contribution in [2.45, 2.75) is 26.3 Å². The molecule has 28 heavy (non-hydrogen) atoms. The van der Waals surface area contributed by atoms with Crippen LogP contribution in [0, 0.1) is 0 Å². The summed E-state index contributed by atoms with van der Waals surface area (Å²) in [5, 5.41) is 2.65. The van der Waals surface area contributed by atoms with Crippen molar-refractivity contribution in [3.05, 3.63) is 45.2 Å². The zero-order valence-corrected chi connectivity index (χ0v) is 17.7. The molecule has 2 heterocycles. The summed E-state index contributed by atoms with van der Waals surface area (Å²) in [6, 6.07) is 7.48. The van der Waals surface area contributed by atoms with E-state index in [1.54, 1.807) is 0 Å². The third-order valence-corrected chi connectivity index (χ3v) is 5.65. The fourth-order valence-corrected chi connectivity index (χ4v) is 4.26. The zero-order valence-electron chi connectivity index (χ0n) is 16.1. The molecule has 1 aromatic heterocycles. The van der Waals surface area contributed by atoms with Crippen molar-refractivity contribution < 1.29 is 14.3 Å². The van der Waals surface area contributed by atoms with Crippen LogP contribution in [0.2, 0.25) is 5.02 Å². The predicted molar refractivity (Wildman–Crippen MR) is 111 cm³/mol. The van der Waals surface area contributed by atoms with Gasteiger partial charge in [-0.25, -0.2) is 4.99 Å². The molecule has 0 spiro atoms. The predicted octanol–water partition coefficient (Wildman–Crippen LogP) is 3.26. The number of benzene rings is 1. The highest BCUT2D eigenvalue weighted by atomic mass is 35.5. The van der Waals surface area contributed by atoms with Crippen LogP contribution in [0.25, 0.3) is 0 Å². The number of hydrogen-bond donors (Lipinski definition) is 0. The minimum absolute atomic E-state index is 0.212. The van der Waals surface area contributed by atoms with Gasteiger partial charge in [-0.05, 0) is 31.5 Å². The molecule has 8 heteroatoms.